The summed E-state index contributed by atoms with van der Waals surface area (Å²) in [6.45, 7) is 4.76. The number of aliphatic carboxylic acids is 1. The second-order valence-corrected chi connectivity index (χ2v) is 6.31. The number of carboxylic acid groups (broad SMARTS) is 1. The average Bonchev–Trinajstić information content (AvgIpc) is 2.28. The van der Waals surface area contributed by atoms with Gasteiger partial charge in [-0.05, 0) is 26.3 Å². The predicted molar refractivity (Wildman–Crippen MR) is 68.7 cm³/mol. The highest BCUT2D eigenvalue weighted by atomic mass is 32.2. The van der Waals surface area contributed by atoms with Crippen molar-refractivity contribution < 1.29 is 18.3 Å². The van der Waals surface area contributed by atoms with Crippen LogP contribution in [0.5, 0.6) is 0 Å². The van der Waals surface area contributed by atoms with Crippen molar-refractivity contribution in [2.45, 2.75) is 32.1 Å². The van der Waals surface area contributed by atoms with Crippen molar-refractivity contribution in [1.82, 2.24) is 4.72 Å². The first-order chi connectivity index (χ1) is 8.24. The highest BCUT2D eigenvalue weighted by Gasteiger charge is 2.29. The molecule has 2 N–H and O–H groups in total. The zero-order chi connectivity index (χ0) is 13.9. The zero-order valence-corrected chi connectivity index (χ0v) is 11.4. The standard InChI is InChI=1S/C12H17NO4S/c1-8-4-6-11(7-5-8)9(2)13-18(16,17)10(3)12(14)15/h4-7,9-10,13H,1-3H3,(H,14,15)/t9-,10?/m0/s1. The molecular formula is C12H17NO4S. The third-order valence-corrected chi connectivity index (χ3v) is 4.55. The summed E-state index contributed by atoms with van der Waals surface area (Å²) in [6.07, 6.45) is 0. The Morgan fingerprint density at radius 2 is 1.72 bits per heavy atom. The lowest BCUT2D eigenvalue weighted by Gasteiger charge is -2.16. The fourth-order valence-electron chi connectivity index (χ4n) is 1.40. The van der Waals surface area contributed by atoms with Crippen molar-refractivity contribution in [2.75, 3.05) is 0 Å². The van der Waals surface area contributed by atoms with Gasteiger partial charge in [0.1, 0.15) is 0 Å². The van der Waals surface area contributed by atoms with E-state index in [1.807, 2.05) is 31.2 Å². The molecule has 0 radical (unpaired) electrons. The Morgan fingerprint density at radius 3 is 2.17 bits per heavy atom. The number of carbonyl (C=O) groups is 1. The smallest absolute Gasteiger partial charge is 0.323 e. The summed E-state index contributed by atoms with van der Waals surface area (Å²) in [7, 11) is -3.87. The second-order valence-electron chi connectivity index (χ2n) is 4.28. The maximum atomic E-state index is 11.7. The van der Waals surface area contributed by atoms with Gasteiger partial charge in [-0.1, -0.05) is 29.8 Å². The van der Waals surface area contributed by atoms with Crippen LogP contribution >= 0.6 is 0 Å². The molecule has 0 saturated carbocycles. The minimum absolute atomic E-state index is 0.461. The molecule has 1 aromatic rings. The molecule has 1 rings (SSSR count). The molecule has 2 atom stereocenters. The van der Waals surface area contributed by atoms with Crippen molar-refractivity contribution in [3.8, 4) is 0 Å². The average molecular weight is 271 g/mol. The maximum Gasteiger partial charge on any atom is 0.323 e. The van der Waals surface area contributed by atoms with Crippen molar-refractivity contribution >= 4 is 16.0 Å². The Hall–Kier alpha value is -1.40. The van der Waals surface area contributed by atoms with Gasteiger partial charge in [0, 0.05) is 6.04 Å². The van der Waals surface area contributed by atoms with E-state index in [1.54, 1.807) is 6.92 Å². The van der Waals surface area contributed by atoms with E-state index in [1.165, 1.54) is 0 Å². The summed E-state index contributed by atoms with van der Waals surface area (Å²) in [5.74, 6) is -1.36. The molecule has 0 amide bonds. The first kappa shape index (κ1) is 14.7. The molecule has 0 aliphatic rings. The van der Waals surface area contributed by atoms with Gasteiger partial charge in [-0.15, -0.1) is 0 Å². The van der Waals surface area contributed by atoms with Gasteiger partial charge in [0.05, 0.1) is 0 Å². The van der Waals surface area contributed by atoms with E-state index in [9.17, 15) is 13.2 Å². The van der Waals surface area contributed by atoms with Gasteiger partial charge in [0.2, 0.25) is 10.0 Å². The first-order valence-electron chi connectivity index (χ1n) is 5.54. The van der Waals surface area contributed by atoms with Crippen LogP contribution in [0, 0.1) is 6.92 Å². The topological polar surface area (TPSA) is 83.5 Å². The molecule has 0 fully saturated rings. The molecule has 0 heterocycles. The third kappa shape index (κ3) is 3.54. The molecule has 5 nitrogen and oxygen atoms in total. The number of sulfonamides is 1. The van der Waals surface area contributed by atoms with Crippen LogP contribution in [-0.4, -0.2) is 24.7 Å². The lowest BCUT2D eigenvalue weighted by molar-refractivity contribution is -0.136. The van der Waals surface area contributed by atoms with Crippen molar-refractivity contribution in [1.29, 1.82) is 0 Å². The number of hydrogen-bond donors (Lipinski definition) is 2. The quantitative estimate of drug-likeness (QED) is 0.849. The number of hydrogen-bond acceptors (Lipinski definition) is 3. The Balaban J connectivity index is 2.85. The van der Waals surface area contributed by atoms with E-state index >= 15 is 0 Å². The molecule has 0 aliphatic carbocycles. The summed E-state index contributed by atoms with van der Waals surface area (Å²) in [5.41, 5.74) is 1.87. The number of benzene rings is 1. The normalized spacial score (nSPS) is 15.1. The minimum Gasteiger partial charge on any atom is -0.480 e. The van der Waals surface area contributed by atoms with Gasteiger partial charge in [-0.3, -0.25) is 4.79 Å². The molecule has 0 spiro atoms. The van der Waals surface area contributed by atoms with Gasteiger partial charge in [-0.2, -0.15) is 0 Å². The zero-order valence-electron chi connectivity index (χ0n) is 10.5. The molecule has 0 aliphatic heterocycles. The molecule has 1 aromatic carbocycles. The summed E-state index contributed by atoms with van der Waals surface area (Å²) in [5, 5.41) is 7.25. The van der Waals surface area contributed by atoms with E-state index in [0.29, 0.717) is 0 Å². The number of rotatable bonds is 5. The molecule has 100 valence electrons. The van der Waals surface area contributed by atoms with E-state index in [4.69, 9.17) is 5.11 Å². The SMILES string of the molecule is Cc1ccc([C@H](C)NS(=O)(=O)C(C)C(=O)O)cc1. The van der Waals surface area contributed by atoms with E-state index in [0.717, 1.165) is 18.1 Å². The summed E-state index contributed by atoms with van der Waals surface area (Å²) >= 11 is 0. The van der Waals surface area contributed by atoms with Gasteiger partial charge in [-0.25, -0.2) is 13.1 Å². The van der Waals surface area contributed by atoms with E-state index in [-0.39, 0.29) is 0 Å². The lowest BCUT2D eigenvalue weighted by Crippen LogP contribution is -2.38. The lowest BCUT2D eigenvalue weighted by atomic mass is 10.1. The Kier molecular flexibility index (Phi) is 4.48. The van der Waals surface area contributed by atoms with Gasteiger partial charge < -0.3 is 5.11 Å². The van der Waals surface area contributed by atoms with Crippen LogP contribution in [0.4, 0.5) is 0 Å². The molecule has 0 aromatic heterocycles. The fourth-order valence-corrected chi connectivity index (χ4v) is 2.50. The van der Waals surface area contributed by atoms with Gasteiger partial charge in [0.15, 0.2) is 5.25 Å². The Labute approximate surface area is 107 Å². The van der Waals surface area contributed by atoms with Crippen molar-refractivity contribution in [2.24, 2.45) is 0 Å². The second kappa shape index (κ2) is 5.49. The number of nitrogens with one attached hydrogen (secondary N) is 1. The van der Waals surface area contributed by atoms with Crippen LogP contribution in [-0.2, 0) is 14.8 Å². The number of aryl methyl sites for hydroxylation is 1. The Bertz CT molecular complexity index is 522. The van der Waals surface area contributed by atoms with Gasteiger partial charge >= 0.3 is 5.97 Å². The van der Waals surface area contributed by atoms with Crippen LogP contribution in [0.3, 0.4) is 0 Å². The van der Waals surface area contributed by atoms with Crippen LogP contribution in [0.15, 0.2) is 24.3 Å². The van der Waals surface area contributed by atoms with Gasteiger partial charge in [0.25, 0.3) is 0 Å². The maximum absolute atomic E-state index is 11.7. The largest absolute Gasteiger partial charge is 0.480 e. The van der Waals surface area contributed by atoms with Crippen LogP contribution < -0.4 is 4.72 Å². The molecule has 0 saturated heterocycles. The molecule has 0 bridgehead atoms. The summed E-state index contributed by atoms with van der Waals surface area (Å²) < 4.78 is 25.8. The predicted octanol–water partition coefficient (Wildman–Crippen LogP) is 1.45. The fraction of sp³-hybridized carbons (Fsp3) is 0.417. The van der Waals surface area contributed by atoms with Crippen LogP contribution in [0.1, 0.15) is 31.0 Å². The van der Waals surface area contributed by atoms with Crippen molar-refractivity contribution in [3.63, 3.8) is 0 Å². The number of carboxylic acids is 1. The monoisotopic (exact) mass is 271 g/mol. The minimum atomic E-state index is -3.87. The molecular weight excluding hydrogens is 254 g/mol. The molecule has 18 heavy (non-hydrogen) atoms. The van der Waals surface area contributed by atoms with Crippen LogP contribution in [0.25, 0.3) is 0 Å². The molecule has 1 unspecified atom stereocenters. The first-order valence-corrected chi connectivity index (χ1v) is 7.09. The molecule has 6 heteroatoms. The van der Waals surface area contributed by atoms with E-state index in [2.05, 4.69) is 4.72 Å². The Morgan fingerprint density at radius 1 is 1.22 bits per heavy atom. The summed E-state index contributed by atoms with van der Waals surface area (Å²) in [6, 6.07) is 6.92. The van der Waals surface area contributed by atoms with Crippen molar-refractivity contribution in [3.05, 3.63) is 35.4 Å². The third-order valence-electron chi connectivity index (χ3n) is 2.73. The van der Waals surface area contributed by atoms with Crippen LogP contribution in [0.2, 0.25) is 0 Å². The summed E-state index contributed by atoms with van der Waals surface area (Å²) in [4.78, 5) is 10.7. The van der Waals surface area contributed by atoms with E-state index < -0.39 is 27.3 Å². The highest BCUT2D eigenvalue weighted by Crippen LogP contribution is 2.15. The highest BCUT2D eigenvalue weighted by molar-refractivity contribution is 7.90.